The van der Waals surface area contributed by atoms with E-state index in [0.29, 0.717) is 10.8 Å². The lowest BCUT2D eigenvalue weighted by Crippen LogP contribution is -2.08. The molecule has 0 aliphatic carbocycles. The van der Waals surface area contributed by atoms with Gasteiger partial charge in [-0.1, -0.05) is 23.7 Å². The van der Waals surface area contributed by atoms with Gasteiger partial charge in [0.15, 0.2) is 0 Å². The Kier molecular flexibility index (Phi) is 3.98. The number of hydrogen-bond donors (Lipinski definition) is 1. The van der Waals surface area contributed by atoms with Crippen LogP contribution in [-0.4, -0.2) is 7.11 Å². The van der Waals surface area contributed by atoms with Crippen LogP contribution in [0.3, 0.4) is 0 Å². The van der Waals surface area contributed by atoms with Crippen LogP contribution in [0.25, 0.3) is 0 Å². The molecule has 2 nitrogen and oxygen atoms in total. The van der Waals surface area contributed by atoms with Crippen molar-refractivity contribution in [2.75, 3.05) is 7.11 Å². The Balaban J connectivity index is 2.93. The molecule has 0 radical (unpaired) electrons. The third-order valence-electron chi connectivity index (χ3n) is 2.02. The van der Waals surface area contributed by atoms with Gasteiger partial charge in [-0.15, -0.1) is 6.58 Å². The quantitative estimate of drug-likeness (QED) is 0.778. The Morgan fingerprint density at radius 1 is 1.64 bits per heavy atom. The highest BCUT2D eigenvalue weighted by molar-refractivity contribution is 6.32. The van der Waals surface area contributed by atoms with Crippen LogP contribution in [0.1, 0.15) is 18.0 Å². The molecule has 0 aromatic heterocycles. The van der Waals surface area contributed by atoms with Gasteiger partial charge in [0.2, 0.25) is 0 Å². The second kappa shape index (κ2) is 5.03. The summed E-state index contributed by atoms with van der Waals surface area (Å²) in [5, 5.41) is 0.599. The van der Waals surface area contributed by atoms with Gasteiger partial charge in [0.1, 0.15) is 5.75 Å². The van der Waals surface area contributed by atoms with Crippen molar-refractivity contribution in [3.05, 3.63) is 41.4 Å². The summed E-state index contributed by atoms with van der Waals surface area (Å²) in [5.74, 6) is 0.656. The summed E-state index contributed by atoms with van der Waals surface area (Å²) in [6.07, 6.45) is 2.54. The van der Waals surface area contributed by atoms with E-state index in [4.69, 9.17) is 22.1 Å². The minimum Gasteiger partial charge on any atom is -0.495 e. The van der Waals surface area contributed by atoms with Crippen LogP contribution in [0.15, 0.2) is 30.9 Å². The summed E-state index contributed by atoms with van der Waals surface area (Å²) in [5.41, 5.74) is 6.91. The van der Waals surface area contributed by atoms with Crippen molar-refractivity contribution in [3.63, 3.8) is 0 Å². The highest BCUT2D eigenvalue weighted by atomic mass is 35.5. The molecule has 2 N–H and O–H groups in total. The molecular formula is C11H14ClNO. The van der Waals surface area contributed by atoms with E-state index in [0.717, 1.165) is 12.0 Å². The zero-order valence-corrected chi connectivity index (χ0v) is 8.92. The molecule has 0 fully saturated rings. The zero-order valence-electron chi connectivity index (χ0n) is 8.16. The summed E-state index contributed by atoms with van der Waals surface area (Å²) in [7, 11) is 1.59. The van der Waals surface area contributed by atoms with Gasteiger partial charge in [-0.2, -0.15) is 0 Å². The van der Waals surface area contributed by atoms with E-state index in [-0.39, 0.29) is 6.04 Å². The monoisotopic (exact) mass is 211 g/mol. The summed E-state index contributed by atoms with van der Waals surface area (Å²) >= 11 is 5.89. The molecule has 0 aliphatic heterocycles. The van der Waals surface area contributed by atoms with E-state index in [1.807, 2.05) is 12.1 Å². The lowest BCUT2D eigenvalue weighted by atomic mass is 10.0. The third kappa shape index (κ3) is 2.50. The molecular weight excluding hydrogens is 198 g/mol. The average molecular weight is 212 g/mol. The fourth-order valence-corrected chi connectivity index (χ4v) is 1.42. The van der Waals surface area contributed by atoms with Gasteiger partial charge in [0.05, 0.1) is 12.1 Å². The number of rotatable bonds is 4. The summed E-state index contributed by atoms with van der Waals surface area (Å²) in [4.78, 5) is 0. The number of nitrogens with two attached hydrogens (primary N) is 1. The van der Waals surface area contributed by atoms with Gasteiger partial charge in [-0.25, -0.2) is 0 Å². The molecule has 0 heterocycles. The first-order chi connectivity index (χ1) is 6.69. The molecule has 0 amide bonds. The molecule has 1 aromatic rings. The van der Waals surface area contributed by atoms with Gasteiger partial charge >= 0.3 is 0 Å². The largest absolute Gasteiger partial charge is 0.495 e. The zero-order chi connectivity index (χ0) is 10.6. The van der Waals surface area contributed by atoms with Crippen molar-refractivity contribution in [3.8, 4) is 5.75 Å². The molecule has 1 aromatic carbocycles. The van der Waals surface area contributed by atoms with Gasteiger partial charge in [0.25, 0.3) is 0 Å². The van der Waals surface area contributed by atoms with E-state index in [9.17, 15) is 0 Å². The molecule has 0 bridgehead atoms. The first kappa shape index (κ1) is 11.1. The third-order valence-corrected chi connectivity index (χ3v) is 2.34. The topological polar surface area (TPSA) is 35.2 Å². The van der Waals surface area contributed by atoms with Crippen LogP contribution >= 0.6 is 11.6 Å². The molecule has 0 saturated heterocycles. The van der Waals surface area contributed by atoms with Gasteiger partial charge in [-0.05, 0) is 24.1 Å². The minimum atomic E-state index is -0.0429. The number of methoxy groups -OCH3 is 1. The molecule has 76 valence electrons. The van der Waals surface area contributed by atoms with E-state index >= 15 is 0 Å². The predicted octanol–water partition coefficient (Wildman–Crippen LogP) is 2.92. The Morgan fingerprint density at radius 2 is 2.36 bits per heavy atom. The summed E-state index contributed by atoms with van der Waals surface area (Å²) in [6, 6.07) is 5.51. The van der Waals surface area contributed by atoms with Gasteiger partial charge in [0, 0.05) is 6.04 Å². The fourth-order valence-electron chi connectivity index (χ4n) is 1.22. The normalized spacial score (nSPS) is 12.2. The maximum absolute atomic E-state index is 5.91. The first-order valence-electron chi connectivity index (χ1n) is 4.39. The Bertz CT molecular complexity index is 325. The van der Waals surface area contributed by atoms with Gasteiger partial charge in [-0.3, -0.25) is 0 Å². The van der Waals surface area contributed by atoms with E-state index in [1.54, 1.807) is 19.3 Å². The molecule has 0 aliphatic rings. The fraction of sp³-hybridized carbons (Fsp3) is 0.273. The summed E-state index contributed by atoms with van der Waals surface area (Å²) in [6.45, 7) is 3.65. The van der Waals surface area contributed by atoms with Crippen molar-refractivity contribution < 1.29 is 4.74 Å². The SMILES string of the molecule is C=CC[C@@H](N)c1ccc(Cl)c(OC)c1. The standard InChI is InChI=1S/C11H14ClNO/c1-3-4-10(13)8-5-6-9(12)11(7-8)14-2/h3,5-7,10H,1,4,13H2,2H3/t10-/m1/s1. The number of ether oxygens (including phenoxy) is 1. The van der Waals surface area contributed by atoms with Crippen molar-refractivity contribution in [1.82, 2.24) is 0 Å². The van der Waals surface area contributed by atoms with Crippen molar-refractivity contribution >= 4 is 11.6 Å². The van der Waals surface area contributed by atoms with Crippen LogP contribution in [0.5, 0.6) is 5.75 Å². The van der Waals surface area contributed by atoms with E-state index in [1.165, 1.54) is 0 Å². The summed E-state index contributed by atoms with van der Waals surface area (Å²) < 4.78 is 5.10. The van der Waals surface area contributed by atoms with Crippen LogP contribution in [0, 0.1) is 0 Å². The van der Waals surface area contributed by atoms with Crippen LogP contribution in [0.4, 0.5) is 0 Å². The van der Waals surface area contributed by atoms with Crippen LogP contribution in [0.2, 0.25) is 5.02 Å². The van der Waals surface area contributed by atoms with Crippen LogP contribution < -0.4 is 10.5 Å². The Morgan fingerprint density at radius 3 is 2.93 bits per heavy atom. The smallest absolute Gasteiger partial charge is 0.137 e. The number of halogens is 1. The molecule has 1 atom stereocenters. The van der Waals surface area contributed by atoms with Gasteiger partial charge < -0.3 is 10.5 Å². The molecule has 0 unspecified atom stereocenters. The van der Waals surface area contributed by atoms with Crippen molar-refractivity contribution in [2.45, 2.75) is 12.5 Å². The maximum atomic E-state index is 5.91. The minimum absolute atomic E-state index is 0.0429. The van der Waals surface area contributed by atoms with Crippen molar-refractivity contribution in [2.24, 2.45) is 5.73 Å². The highest BCUT2D eigenvalue weighted by Crippen LogP contribution is 2.27. The molecule has 14 heavy (non-hydrogen) atoms. The van der Waals surface area contributed by atoms with E-state index < -0.39 is 0 Å². The molecule has 1 rings (SSSR count). The lowest BCUT2D eigenvalue weighted by molar-refractivity contribution is 0.414. The Labute approximate surface area is 89.3 Å². The number of hydrogen-bond acceptors (Lipinski definition) is 2. The molecule has 3 heteroatoms. The molecule has 0 spiro atoms. The molecule has 0 saturated carbocycles. The average Bonchev–Trinajstić information content (AvgIpc) is 2.19. The number of benzene rings is 1. The van der Waals surface area contributed by atoms with Crippen LogP contribution in [-0.2, 0) is 0 Å². The second-order valence-electron chi connectivity index (χ2n) is 3.02. The Hall–Kier alpha value is -0.990. The van der Waals surface area contributed by atoms with E-state index in [2.05, 4.69) is 6.58 Å². The first-order valence-corrected chi connectivity index (χ1v) is 4.76. The maximum Gasteiger partial charge on any atom is 0.137 e. The predicted molar refractivity (Wildman–Crippen MR) is 59.7 cm³/mol. The van der Waals surface area contributed by atoms with Crippen molar-refractivity contribution in [1.29, 1.82) is 0 Å². The highest BCUT2D eigenvalue weighted by Gasteiger charge is 2.07. The lowest BCUT2D eigenvalue weighted by Gasteiger charge is -2.11. The second-order valence-corrected chi connectivity index (χ2v) is 3.43.